The van der Waals surface area contributed by atoms with Crippen molar-refractivity contribution in [3.63, 3.8) is 0 Å². The highest BCUT2D eigenvalue weighted by Crippen LogP contribution is 2.55. The zero-order chi connectivity index (χ0) is 17.6. The first-order valence-corrected chi connectivity index (χ1v) is 8.28. The quantitative estimate of drug-likeness (QED) is 0.765. The summed E-state index contributed by atoms with van der Waals surface area (Å²) < 4.78 is 53.2. The summed E-state index contributed by atoms with van der Waals surface area (Å²) in [5.74, 6) is 0.189. The second-order valence-electron chi connectivity index (χ2n) is 7.33. The minimum atomic E-state index is -4.69. The van der Waals surface area contributed by atoms with Gasteiger partial charge in [0.15, 0.2) is 0 Å². The minimum absolute atomic E-state index is 0.0409. The van der Waals surface area contributed by atoms with E-state index in [2.05, 4.69) is 25.5 Å². The average molecular weight is 344 g/mol. The molecule has 1 aromatic rings. The van der Waals surface area contributed by atoms with E-state index in [-0.39, 0.29) is 29.7 Å². The molecule has 0 radical (unpaired) electrons. The maximum absolute atomic E-state index is 12.3. The molecule has 0 saturated carbocycles. The molecule has 3 rings (SSSR count). The van der Waals surface area contributed by atoms with Gasteiger partial charge in [-0.1, -0.05) is 26.0 Å². The third-order valence-corrected chi connectivity index (χ3v) is 5.33. The van der Waals surface area contributed by atoms with Crippen LogP contribution in [0.25, 0.3) is 0 Å². The molecular weight excluding hydrogens is 321 g/mol. The van der Waals surface area contributed by atoms with Crippen molar-refractivity contribution < 1.29 is 27.4 Å². The van der Waals surface area contributed by atoms with E-state index in [4.69, 9.17) is 9.47 Å². The highest BCUT2D eigenvalue weighted by Gasteiger charge is 2.60. The molecule has 2 bridgehead atoms. The summed E-state index contributed by atoms with van der Waals surface area (Å²) in [5.41, 5.74) is 0.229. The molecule has 0 N–H and O–H groups in total. The third kappa shape index (κ3) is 3.40. The molecular formula is C18H23F3O3. The Morgan fingerprint density at radius 3 is 2.67 bits per heavy atom. The Kier molecular flexibility index (Phi) is 4.33. The zero-order valence-corrected chi connectivity index (χ0v) is 14.2. The number of halogens is 3. The highest BCUT2D eigenvalue weighted by atomic mass is 19.4. The van der Waals surface area contributed by atoms with Crippen LogP contribution in [0.4, 0.5) is 13.2 Å². The zero-order valence-electron chi connectivity index (χ0n) is 14.2. The van der Waals surface area contributed by atoms with Crippen LogP contribution in [0, 0.1) is 5.92 Å². The summed E-state index contributed by atoms with van der Waals surface area (Å²) in [7, 11) is 0. The molecule has 2 aliphatic heterocycles. The number of alkyl halides is 3. The van der Waals surface area contributed by atoms with Crippen molar-refractivity contribution in [2.75, 3.05) is 0 Å². The van der Waals surface area contributed by atoms with Crippen molar-refractivity contribution in [1.82, 2.24) is 0 Å². The lowest BCUT2D eigenvalue weighted by Gasteiger charge is -2.31. The van der Waals surface area contributed by atoms with E-state index in [0.29, 0.717) is 11.5 Å². The van der Waals surface area contributed by atoms with Crippen LogP contribution in [0.2, 0.25) is 0 Å². The van der Waals surface area contributed by atoms with Gasteiger partial charge < -0.3 is 14.2 Å². The standard InChI is InChI=1S/C18H23F3O3/c1-12(2)17-8-7-16(3,24-17)15(10-17)22-11-13-5-4-6-14(9-13)23-18(19,20)21/h4-6,9,12,15H,7-8,10-11H2,1-3H3/t15-,16+,17-/m0/s1. The minimum Gasteiger partial charge on any atom is -0.406 e. The molecule has 0 unspecified atom stereocenters. The number of hydrogen-bond acceptors (Lipinski definition) is 3. The van der Waals surface area contributed by atoms with Gasteiger partial charge in [0.2, 0.25) is 0 Å². The van der Waals surface area contributed by atoms with Crippen LogP contribution in [-0.2, 0) is 16.1 Å². The number of ether oxygens (including phenoxy) is 3. The summed E-state index contributed by atoms with van der Waals surface area (Å²) in [6, 6.07) is 5.92. The number of hydrogen-bond donors (Lipinski definition) is 0. The van der Waals surface area contributed by atoms with Crippen molar-refractivity contribution in [1.29, 1.82) is 0 Å². The molecule has 6 heteroatoms. The number of benzene rings is 1. The Morgan fingerprint density at radius 2 is 2.04 bits per heavy atom. The molecule has 0 spiro atoms. The predicted molar refractivity (Wildman–Crippen MR) is 82.6 cm³/mol. The summed E-state index contributed by atoms with van der Waals surface area (Å²) in [6.07, 6.45) is -1.90. The van der Waals surface area contributed by atoms with Crippen molar-refractivity contribution in [3.05, 3.63) is 29.8 Å². The summed E-state index contributed by atoms with van der Waals surface area (Å²) in [5, 5.41) is 0. The first kappa shape index (κ1) is 17.5. The fraction of sp³-hybridized carbons (Fsp3) is 0.667. The van der Waals surface area contributed by atoms with Crippen LogP contribution in [0.15, 0.2) is 24.3 Å². The van der Waals surface area contributed by atoms with Crippen molar-refractivity contribution in [2.24, 2.45) is 5.92 Å². The lowest BCUT2D eigenvalue weighted by Crippen LogP contribution is -2.38. The van der Waals surface area contributed by atoms with Gasteiger partial charge in [-0.3, -0.25) is 0 Å². The van der Waals surface area contributed by atoms with Crippen LogP contribution < -0.4 is 4.74 Å². The molecule has 0 aromatic heterocycles. The predicted octanol–water partition coefficient (Wildman–Crippen LogP) is 4.84. The van der Waals surface area contributed by atoms with Crippen molar-refractivity contribution >= 4 is 0 Å². The van der Waals surface area contributed by atoms with Gasteiger partial charge in [0.25, 0.3) is 0 Å². The molecule has 2 saturated heterocycles. The molecule has 24 heavy (non-hydrogen) atoms. The second kappa shape index (κ2) is 5.92. The molecule has 1 aromatic carbocycles. The molecule has 2 heterocycles. The first-order chi connectivity index (χ1) is 11.1. The van der Waals surface area contributed by atoms with Gasteiger partial charge in [-0.05, 0) is 43.4 Å². The van der Waals surface area contributed by atoms with Gasteiger partial charge in [0.1, 0.15) is 5.75 Å². The highest BCUT2D eigenvalue weighted by molar-refractivity contribution is 5.28. The molecule has 2 fully saturated rings. The van der Waals surface area contributed by atoms with Crippen LogP contribution in [0.1, 0.15) is 45.6 Å². The Balaban J connectivity index is 1.64. The summed E-state index contributed by atoms with van der Waals surface area (Å²) in [6.45, 7) is 6.63. The Labute approximate surface area is 140 Å². The van der Waals surface area contributed by atoms with E-state index in [9.17, 15) is 13.2 Å². The SMILES string of the molecule is CC(C)[C@@]12CC[C@@](C)(O1)[C@@H](OCc1cccc(OC(F)(F)F)c1)C2. The van der Waals surface area contributed by atoms with Gasteiger partial charge in [0, 0.05) is 6.42 Å². The largest absolute Gasteiger partial charge is 0.573 e. The molecule has 134 valence electrons. The Hall–Kier alpha value is -1.27. The molecule has 0 amide bonds. The monoisotopic (exact) mass is 344 g/mol. The Bertz CT molecular complexity index is 601. The smallest absolute Gasteiger partial charge is 0.406 e. The molecule has 0 aliphatic carbocycles. The van der Waals surface area contributed by atoms with Gasteiger partial charge in [0.05, 0.1) is 23.9 Å². The van der Waals surface area contributed by atoms with Gasteiger partial charge in [-0.2, -0.15) is 0 Å². The number of fused-ring (bicyclic) bond motifs is 2. The van der Waals surface area contributed by atoms with E-state index >= 15 is 0 Å². The molecule has 2 aliphatic rings. The average Bonchev–Trinajstić information content (AvgIpc) is 2.96. The molecule has 3 atom stereocenters. The maximum atomic E-state index is 12.3. The Morgan fingerprint density at radius 1 is 1.29 bits per heavy atom. The van der Waals surface area contributed by atoms with E-state index in [1.807, 2.05) is 0 Å². The summed E-state index contributed by atoms with van der Waals surface area (Å²) in [4.78, 5) is 0. The van der Waals surface area contributed by atoms with E-state index in [1.54, 1.807) is 6.07 Å². The fourth-order valence-electron chi connectivity index (χ4n) is 3.83. The first-order valence-electron chi connectivity index (χ1n) is 8.28. The maximum Gasteiger partial charge on any atom is 0.573 e. The third-order valence-electron chi connectivity index (χ3n) is 5.33. The normalized spacial score (nSPS) is 32.5. The van der Waals surface area contributed by atoms with Crippen LogP contribution in [0.3, 0.4) is 0 Å². The number of rotatable bonds is 5. The second-order valence-corrected chi connectivity index (χ2v) is 7.33. The lowest BCUT2D eigenvalue weighted by atomic mass is 9.75. The van der Waals surface area contributed by atoms with Gasteiger partial charge in [-0.15, -0.1) is 13.2 Å². The van der Waals surface area contributed by atoms with Crippen LogP contribution in [0.5, 0.6) is 5.75 Å². The van der Waals surface area contributed by atoms with Crippen LogP contribution >= 0.6 is 0 Å². The van der Waals surface area contributed by atoms with Gasteiger partial charge >= 0.3 is 6.36 Å². The molecule has 3 nitrogen and oxygen atoms in total. The van der Waals surface area contributed by atoms with Crippen molar-refractivity contribution in [3.8, 4) is 5.75 Å². The fourth-order valence-corrected chi connectivity index (χ4v) is 3.83. The summed E-state index contributed by atoms with van der Waals surface area (Å²) >= 11 is 0. The van der Waals surface area contributed by atoms with E-state index in [0.717, 1.165) is 19.3 Å². The van der Waals surface area contributed by atoms with E-state index < -0.39 is 6.36 Å². The van der Waals surface area contributed by atoms with Crippen molar-refractivity contribution in [2.45, 2.75) is 70.3 Å². The van der Waals surface area contributed by atoms with E-state index in [1.165, 1.54) is 18.2 Å². The van der Waals surface area contributed by atoms with Crippen LogP contribution in [-0.4, -0.2) is 23.7 Å². The topological polar surface area (TPSA) is 27.7 Å². The lowest BCUT2D eigenvalue weighted by molar-refractivity contribution is -0.274. The van der Waals surface area contributed by atoms with Gasteiger partial charge in [-0.25, -0.2) is 0 Å².